The van der Waals surface area contributed by atoms with Gasteiger partial charge in [-0.2, -0.15) is 0 Å². The molecule has 0 amide bonds. The third kappa shape index (κ3) is 2.20. The quantitative estimate of drug-likeness (QED) is 0.724. The van der Waals surface area contributed by atoms with Gasteiger partial charge >= 0.3 is 0 Å². The molecule has 0 aliphatic carbocycles. The molecule has 0 saturated carbocycles. The van der Waals surface area contributed by atoms with Gasteiger partial charge in [0.05, 0.1) is 5.41 Å². The van der Waals surface area contributed by atoms with Crippen molar-refractivity contribution in [3.05, 3.63) is 35.6 Å². The van der Waals surface area contributed by atoms with Crippen LogP contribution in [0.5, 0.6) is 0 Å². The highest BCUT2D eigenvalue weighted by Gasteiger charge is 2.37. The van der Waals surface area contributed by atoms with Crippen LogP contribution in [0.2, 0.25) is 0 Å². The normalized spacial score (nSPS) is 15.1. The molecule has 1 aromatic carbocycles. The molecule has 0 aliphatic rings. The molecule has 3 heteroatoms. The minimum atomic E-state index is -0.755. The fraction of sp³-hybridized carbons (Fsp3) is 0.417. The number of hydrogen-bond donors (Lipinski definition) is 0. The van der Waals surface area contributed by atoms with Crippen molar-refractivity contribution in [3.63, 3.8) is 0 Å². The zero-order valence-electron chi connectivity index (χ0n) is 9.05. The minimum Gasteiger partial charge on any atom is -0.280 e. The number of hydrogen-bond acceptors (Lipinski definition) is 1. The first-order valence-electron chi connectivity index (χ1n) is 4.85. The molecule has 0 fully saturated rings. The van der Waals surface area contributed by atoms with E-state index in [1.54, 1.807) is 19.1 Å². The van der Waals surface area contributed by atoms with Gasteiger partial charge in [0.1, 0.15) is 5.82 Å². The van der Waals surface area contributed by atoms with E-state index in [1.807, 2.05) is 13.8 Å². The molecule has 82 valence electrons. The average molecular weight is 229 g/mol. The maximum atomic E-state index is 12.8. The van der Waals surface area contributed by atoms with E-state index in [0.717, 1.165) is 5.56 Å². The van der Waals surface area contributed by atoms with Crippen molar-refractivity contribution in [2.45, 2.75) is 26.2 Å². The first-order chi connectivity index (χ1) is 6.89. The molecule has 1 atom stereocenters. The Balaban J connectivity index is 3.22. The molecular formula is C12H14ClFO. The largest absolute Gasteiger partial charge is 0.280 e. The van der Waals surface area contributed by atoms with E-state index in [-0.39, 0.29) is 11.7 Å². The summed E-state index contributed by atoms with van der Waals surface area (Å²) in [6, 6.07) is 5.90. The van der Waals surface area contributed by atoms with E-state index in [4.69, 9.17) is 11.6 Å². The molecule has 0 spiro atoms. The molecule has 0 bridgehead atoms. The van der Waals surface area contributed by atoms with Crippen LogP contribution in [-0.2, 0) is 10.2 Å². The monoisotopic (exact) mass is 228 g/mol. The van der Waals surface area contributed by atoms with Crippen molar-refractivity contribution in [2.75, 3.05) is 0 Å². The predicted molar refractivity (Wildman–Crippen MR) is 59.5 cm³/mol. The third-order valence-electron chi connectivity index (χ3n) is 3.01. The van der Waals surface area contributed by atoms with Gasteiger partial charge in [-0.15, -0.1) is 0 Å². The maximum Gasteiger partial charge on any atom is 0.232 e. The van der Waals surface area contributed by atoms with Gasteiger partial charge in [-0.1, -0.05) is 26.0 Å². The lowest BCUT2D eigenvalue weighted by Gasteiger charge is -2.30. The van der Waals surface area contributed by atoms with Gasteiger partial charge < -0.3 is 0 Å². The Bertz CT molecular complexity index is 358. The first kappa shape index (κ1) is 12.2. The van der Waals surface area contributed by atoms with Crippen molar-refractivity contribution in [2.24, 2.45) is 5.92 Å². The Morgan fingerprint density at radius 2 is 1.80 bits per heavy atom. The van der Waals surface area contributed by atoms with Gasteiger partial charge in [-0.25, -0.2) is 4.39 Å². The highest BCUT2D eigenvalue weighted by atomic mass is 35.5. The summed E-state index contributed by atoms with van der Waals surface area (Å²) in [6.07, 6.45) is 0. The molecule has 0 saturated heterocycles. The fourth-order valence-corrected chi connectivity index (χ4v) is 1.80. The lowest BCUT2D eigenvalue weighted by Crippen LogP contribution is -2.34. The number of rotatable bonds is 3. The molecule has 0 N–H and O–H groups in total. The second-order valence-electron chi connectivity index (χ2n) is 4.14. The summed E-state index contributed by atoms with van der Waals surface area (Å²) in [5, 5.41) is -0.413. The van der Waals surface area contributed by atoms with E-state index >= 15 is 0 Å². The zero-order valence-corrected chi connectivity index (χ0v) is 9.81. The smallest absolute Gasteiger partial charge is 0.232 e. The standard InChI is InChI=1S/C12H14ClFO/c1-8(2)12(3,11(13)15)9-4-6-10(14)7-5-9/h4-8H,1-3H3. The molecular weight excluding hydrogens is 215 g/mol. The molecule has 0 aromatic heterocycles. The Morgan fingerprint density at radius 1 is 1.33 bits per heavy atom. The van der Waals surface area contributed by atoms with Gasteiger partial charge in [0.15, 0.2) is 0 Å². The second-order valence-corrected chi connectivity index (χ2v) is 4.48. The van der Waals surface area contributed by atoms with Gasteiger partial charge in [0.25, 0.3) is 0 Å². The molecule has 1 aromatic rings. The molecule has 0 radical (unpaired) electrons. The van der Waals surface area contributed by atoms with Crippen LogP contribution >= 0.6 is 11.6 Å². The van der Waals surface area contributed by atoms with Crippen molar-refractivity contribution >= 4 is 16.8 Å². The summed E-state index contributed by atoms with van der Waals surface area (Å²) in [4.78, 5) is 11.5. The van der Waals surface area contributed by atoms with Gasteiger partial charge in [0, 0.05) is 0 Å². The van der Waals surface area contributed by atoms with Crippen molar-refractivity contribution in [1.29, 1.82) is 0 Å². The Morgan fingerprint density at radius 3 is 2.13 bits per heavy atom. The van der Waals surface area contributed by atoms with Crippen LogP contribution in [0.1, 0.15) is 26.3 Å². The van der Waals surface area contributed by atoms with Crippen LogP contribution in [0, 0.1) is 11.7 Å². The topological polar surface area (TPSA) is 17.1 Å². The van der Waals surface area contributed by atoms with Crippen LogP contribution in [0.4, 0.5) is 4.39 Å². The van der Waals surface area contributed by atoms with Crippen LogP contribution < -0.4 is 0 Å². The van der Waals surface area contributed by atoms with E-state index in [2.05, 4.69) is 0 Å². The lowest BCUT2D eigenvalue weighted by molar-refractivity contribution is -0.117. The van der Waals surface area contributed by atoms with Gasteiger partial charge in [-0.05, 0) is 42.1 Å². The first-order valence-corrected chi connectivity index (χ1v) is 5.22. The Kier molecular flexibility index (Phi) is 3.50. The molecule has 1 unspecified atom stereocenters. The third-order valence-corrected chi connectivity index (χ3v) is 3.40. The highest BCUT2D eigenvalue weighted by Crippen LogP contribution is 2.34. The summed E-state index contributed by atoms with van der Waals surface area (Å²) < 4.78 is 12.8. The molecule has 1 rings (SSSR count). The number of halogens is 2. The van der Waals surface area contributed by atoms with Gasteiger partial charge in [0.2, 0.25) is 5.24 Å². The van der Waals surface area contributed by atoms with Gasteiger partial charge in [-0.3, -0.25) is 4.79 Å². The summed E-state index contributed by atoms with van der Waals surface area (Å²) in [5.41, 5.74) is -0.00573. The maximum absolute atomic E-state index is 12.8. The fourth-order valence-electron chi connectivity index (χ4n) is 1.47. The lowest BCUT2D eigenvalue weighted by atomic mass is 9.74. The number of carbonyl (C=O) groups is 1. The molecule has 15 heavy (non-hydrogen) atoms. The Hall–Kier alpha value is -0.890. The van der Waals surface area contributed by atoms with Crippen molar-refractivity contribution in [3.8, 4) is 0 Å². The Labute approximate surface area is 94.3 Å². The van der Waals surface area contributed by atoms with E-state index in [1.165, 1.54) is 12.1 Å². The van der Waals surface area contributed by atoms with E-state index in [9.17, 15) is 9.18 Å². The summed E-state index contributed by atoms with van der Waals surface area (Å²) in [5.74, 6) is -0.250. The number of benzene rings is 1. The summed E-state index contributed by atoms with van der Waals surface area (Å²) >= 11 is 5.62. The zero-order chi connectivity index (χ0) is 11.6. The van der Waals surface area contributed by atoms with Crippen LogP contribution in [0.25, 0.3) is 0 Å². The number of carbonyl (C=O) groups excluding carboxylic acids is 1. The minimum absolute atomic E-state index is 0.0629. The molecule has 0 heterocycles. The van der Waals surface area contributed by atoms with E-state index in [0.29, 0.717) is 0 Å². The van der Waals surface area contributed by atoms with E-state index < -0.39 is 10.7 Å². The second kappa shape index (κ2) is 4.31. The molecule has 1 nitrogen and oxygen atoms in total. The summed E-state index contributed by atoms with van der Waals surface area (Å²) in [7, 11) is 0. The van der Waals surface area contributed by atoms with Crippen molar-refractivity contribution < 1.29 is 9.18 Å². The molecule has 0 aliphatic heterocycles. The average Bonchev–Trinajstić information content (AvgIpc) is 2.17. The van der Waals surface area contributed by atoms with Crippen molar-refractivity contribution in [1.82, 2.24) is 0 Å². The van der Waals surface area contributed by atoms with Crippen LogP contribution in [0.15, 0.2) is 24.3 Å². The SMILES string of the molecule is CC(C)C(C)(C(=O)Cl)c1ccc(F)cc1. The van der Waals surface area contributed by atoms with Crippen LogP contribution in [-0.4, -0.2) is 5.24 Å². The highest BCUT2D eigenvalue weighted by molar-refractivity contribution is 6.65. The predicted octanol–water partition coefficient (Wildman–Crippen LogP) is 3.50. The summed E-state index contributed by atoms with van der Waals surface area (Å²) in [6.45, 7) is 5.62. The van der Waals surface area contributed by atoms with Crippen LogP contribution in [0.3, 0.4) is 0 Å².